The van der Waals surface area contributed by atoms with Crippen molar-refractivity contribution in [3.8, 4) is 22.1 Å². The molecule has 0 aliphatic rings. The molecule has 0 aliphatic heterocycles. The topological polar surface area (TPSA) is 56.7 Å². The van der Waals surface area contributed by atoms with Gasteiger partial charge in [-0.2, -0.15) is 5.10 Å². The minimum atomic E-state index is 0.736. The maximum absolute atomic E-state index is 5.75. The number of benzene rings is 1. The van der Waals surface area contributed by atoms with E-state index in [1.807, 2.05) is 49.5 Å². The molecule has 2 N–H and O–H groups in total. The lowest BCUT2D eigenvalue weighted by Crippen LogP contribution is -1.92. The molecule has 0 bridgehead atoms. The SMILES string of the molecule is Cn1nc(-c2ccccc2)nc1-c1ccc(N)s1. The first kappa shape index (κ1) is 11.0. The summed E-state index contributed by atoms with van der Waals surface area (Å²) in [6.07, 6.45) is 0. The summed E-state index contributed by atoms with van der Waals surface area (Å²) in [5.41, 5.74) is 6.76. The standard InChI is InChI=1S/C13H12N4S/c1-17-13(10-7-8-11(14)18-10)15-12(16-17)9-5-3-2-4-6-9/h2-8H,14H2,1H3. The number of nitrogens with zero attached hydrogens (tertiary/aromatic N) is 3. The maximum Gasteiger partial charge on any atom is 0.181 e. The predicted molar refractivity (Wildman–Crippen MR) is 74.2 cm³/mol. The van der Waals surface area contributed by atoms with E-state index in [2.05, 4.69) is 10.1 Å². The molecule has 0 spiro atoms. The van der Waals surface area contributed by atoms with E-state index in [1.165, 1.54) is 11.3 Å². The predicted octanol–water partition coefficient (Wildman–Crippen LogP) is 2.79. The average Bonchev–Trinajstić information content (AvgIpc) is 2.97. The number of hydrogen-bond donors (Lipinski definition) is 1. The highest BCUT2D eigenvalue weighted by molar-refractivity contribution is 7.19. The number of hydrogen-bond acceptors (Lipinski definition) is 4. The summed E-state index contributed by atoms with van der Waals surface area (Å²) in [5, 5.41) is 5.22. The van der Waals surface area contributed by atoms with Crippen LogP contribution in [0, 0.1) is 0 Å². The summed E-state index contributed by atoms with van der Waals surface area (Å²) in [6.45, 7) is 0. The number of rotatable bonds is 2. The minimum Gasteiger partial charge on any atom is -0.391 e. The van der Waals surface area contributed by atoms with Crippen molar-refractivity contribution < 1.29 is 0 Å². The fourth-order valence-corrected chi connectivity index (χ4v) is 2.58. The zero-order valence-electron chi connectivity index (χ0n) is 9.87. The van der Waals surface area contributed by atoms with Crippen LogP contribution in [-0.2, 0) is 7.05 Å². The number of thiophene rings is 1. The number of aromatic nitrogens is 3. The van der Waals surface area contributed by atoms with E-state index in [1.54, 1.807) is 4.68 Å². The molecule has 3 rings (SSSR count). The van der Waals surface area contributed by atoms with Crippen LogP contribution in [0.3, 0.4) is 0 Å². The molecule has 0 radical (unpaired) electrons. The lowest BCUT2D eigenvalue weighted by molar-refractivity contribution is 0.779. The number of nitrogens with two attached hydrogens (primary N) is 1. The van der Waals surface area contributed by atoms with Crippen molar-refractivity contribution in [2.45, 2.75) is 0 Å². The van der Waals surface area contributed by atoms with Gasteiger partial charge in [0.05, 0.1) is 9.88 Å². The van der Waals surface area contributed by atoms with E-state index in [9.17, 15) is 0 Å². The monoisotopic (exact) mass is 256 g/mol. The molecule has 0 aliphatic carbocycles. The van der Waals surface area contributed by atoms with Gasteiger partial charge in [0.1, 0.15) is 0 Å². The van der Waals surface area contributed by atoms with Crippen molar-refractivity contribution in [1.82, 2.24) is 14.8 Å². The summed E-state index contributed by atoms with van der Waals surface area (Å²) in [5.74, 6) is 1.58. The molecule has 1 aromatic carbocycles. The Labute approximate surface area is 109 Å². The van der Waals surface area contributed by atoms with Crippen LogP contribution in [-0.4, -0.2) is 14.8 Å². The van der Waals surface area contributed by atoms with Gasteiger partial charge in [-0.25, -0.2) is 9.67 Å². The van der Waals surface area contributed by atoms with Gasteiger partial charge in [-0.3, -0.25) is 0 Å². The summed E-state index contributed by atoms with van der Waals surface area (Å²) in [7, 11) is 1.89. The molecule has 0 unspecified atom stereocenters. The maximum atomic E-state index is 5.75. The molecule has 0 atom stereocenters. The second kappa shape index (κ2) is 4.27. The Morgan fingerprint density at radius 2 is 1.89 bits per heavy atom. The largest absolute Gasteiger partial charge is 0.391 e. The Hall–Kier alpha value is -2.14. The quantitative estimate of drug-likeness (QED) is 0.767. The molecule has 0 fully saturated rings. The van der Waals surface area contributed by atoms with Gasteiger partial charge >= 0.3 is 0 Å². The molecule has 4 nitrogen and oxygen atoms in total. The van der Waals surface area contributed by atoms with Crippen molar-refractivity contribution in [3.63, 3.8) is 0 Å². The van der Waals surface area contributed by atoms with Gasteiger partial charge in [0.25, 0.3) is 0 Å². The third-order valence-corrected chi connectivity index (χ3v) is 3.55. The van der Waals surface area contributed by atoms with Crippen molar-refractivity contribution in [3.05, 3.63) is 42.5 Å². The highest BCUT2D eigenvalue weighted by atomic mass is 32.1. The van der Waals surface area contributed by atoms with Gasteiger partial charge in [-0.1, -0.05) is 30.3 Å². The summed E-state index contributed by atoms with van der Waals surface area (Å²) in [6, 6.07) is 13.8. The Bertz CT molecular complexity index is 669. The first-order chi connectivity index (χ1) is 8.74. The van der Waals surface area contributed by atoms with Crippen LogP contribution in [0.4, 0.5) is 5.00 Å². The molecule has 90 valence electrons. The molecular formula is C13H12N4S. The smallest absolute Gasteiger partial charge is 0.181 e. The Kier molecular flexibility index (Phi) is 2.60. The highest BCUT2D eigenvalue weighted by Crippen LogP contribution is 2.29. The summed E-state index contributed by atoms with van der Waals surface area (Å²) < 4.78 is 1.79. The molecule has 0 saturated carbocycles. The normalized spacial score (nSPS) is 10.7. The lowest BCUT2D eigenvalue weighted by atomic mass is 10.2. The van der Waals surface area contributed by atoms with Crippen molar-refractivity contribution in [1.29, 1.82) is 0 Å². The molecule has 18 heavy (non-hydrogen) atoms. The van der Waals surface area contributed by atoms with E-state index >= 15 is 0 Å². The Morgan fingerprint density at radius 1 is 1.11 bits per heavy atom. The molecule has 3 aromatic rings. The Morgan fingerprint density at radius 3 is 2.56 bits per heavy atom. The van der Waals surface area contributed by atoms with Crippen LogP contribution in [0.15, 0.2) is 42.5 Å². The van der Waals surface area contributed by atoms with Crippen LogP contribution < -0.4 is 5.73 Å². The third-order valence-electron chi connectivity index (χ3n) is 2.64. The number of anilines is 1. The van der Waals surface area contributed by atoms with E-state index < -0.39 is 0 Å². The van der Waals surface area contributed by atoms with Crippen LogP contribution in [0.2, 0.25) is 0 Å². The number of nitrogen functional groups attached to an aromatic ring is 1. The van der Waals surface area contributed by atoms with Gasteiger partial charge in [-0.05, 0) is 12.1 Å². The second-order valence-corrected chi connectivity index (χ2v) is 5.07. The molecule has 0 saturated heterocycles. The van der Waals surface area contributed by atoms with Crippen LogP contribution in [0.5, 0.6) is 0 Å². The molecule has 5 heteroatoms. The van der Waals surface area contributed by atoms with Gasteiger partial charge < -0.3 is 5.73 Å². The fourth-order valence-electron chi connectivity index (χ4n) is 1.78. The summed E-state index contributed by atoms with van der Waals surface area (Å²) >= 11 is 1.52. The van der Waals surface area contributed by atoms with Gasteiger partial charge in [0.2, 0.25) is 0 Å². The van der Waals surface area contributed by atoms with Crippen LogP contribution in [0.1, 0.15) is 0 Å². The average molecular weight is 256 g/mol. The lowest BCUT2D eigenvalue weighted by Gasteiger charge is -1.93. The van der Waals surface area contributed by atoms with E-state index in [4.69, 9.17) is 5.73 Å². The van der Waals surface area contributed by atoms with Crippen molar-refractivity contribution in [2.24, 2.45) is 7.05 Å². The molecular weight excluding hydrogens is 244 g/mol. The van der Waals surface area contributed by atoms with Gasteiger partial charge in [0, 0.05) is 12.6 Å². The van der Waals surface area contributed by atoms with Crippen molar-refractivity contribution in [2.75, 3.05) is 5.73 Å². The van der Waals surface area contributed by atoms with Crippen LogP contribution >= 0.6 is 11.3 Å². The van der Waals surface area contributed by atoms with E-state index in [-0.39, 0.29) is 0 Å². The molecule has 0 amide bonds. The van der Waals surface area contributed by atoms with Gasteiger partial charge in [0.15, 0.2) is 11.6 Å². The Balaban J connectivity index is 2.06. The second-order valence-electron chi connectivity index (χ2n) is 3.95. The first-order valence-corrected chi connectivity index (χ1v) is 6.38. The van der Waals surface area contributed by atoms with E-state index in [0.717, 1.165) is 27.1 Å². The first-order valence-electron chi connectivity index (χ1n) is 5.56. The zero-order valence-corrected chi connectivity index (χ0v) is 10.7. The number of aryl methyl sites for hydroxylation is 1. The summed E-state index contributed by atoms with van der Waals surface area (Å²) in [4.78, 5) is 5.60. The van der Waals surface area contributed by atoms with E-state index in [0.29, 0.717) is 0 Å². The van der Waals surface area contributed by atoms with Gasteiger partial charge in [-0.15, -0.1) is 11.3 Å². The van der Waals surface area contributed by atoms with Crippen molar-refractivity contribution >= 4 is 16.3 Å². The minimum absolute atomic E-state index is 0.736. The highest BCUT2D eigenvalue weighted by Gasteiger charge is 2.12. The van der Waals surface area contributed by atoms with Crippen LogP contribution in [0.25, 0.3) is 22.1 Å². The third kappa shape index (κ3) is 1.89. The zero-order chi connectivity index (χ0) is 12.5. The molecule has 2 aromatic heterocycles. The molecule has 2 heterocycles. The fraction of sp³-hybridized carbons (Fsp3) is 0.0769.